The second-order valence-electron chi connectivity index (χ2n) is 8.30. The number of likely N-dealkylation sites (tertiary alicyclic amines) is 1. The van der Waals surface area contributed by atoms with Crippen LogP contribution in [0.5, 0.6) is 0 Å². The maximum atomic E-state index is 13.1. The van der Waals surface area contributed by atoms with Crippen LogP contribution in [0.3, 0.4) is 0 Å². The topological polar surface area (TPSA) is 72.3 Å². The van der Waals surface area contributed by atoms with Crippen molar-refractivity contribution in [3.63, 3.8) is 0 Å². The molecule has 1 aromatic heterocycles. The standard InChI is InChI=1S/C24H29N3O3S/c1-2-16-31(29,30)24-25-21-10-6-7-11-22(21)27(24)18-23(28)26-14-12-20(13-15-26)17-19-8-4-3-5-9-19/h3-11,20H,2,12-18H2,1H3. The fourth-order valence-electron chi connectivity index (χ4n) is 4.37. The molecule has 1 saturated heterocycles. The van der Waals surface area contributed by atoms with Crippen LogP contribution in [-0.4, -0.2) is 47.6 Å². The molecule has 0 radical (unpaired) electrons. The van der Waals surface area contributed by atoms with Gasteiger partial charge in [-0.1, -0.05) is 49.4 Å². The number of rotatable bonds is 7. The summed E-state index contributed by atoms with van der Waals surface area (Å²) in [5, 5.41) is 0.00265. The summed E-state index contributed by atoms with van der Waals surface area (Å²) in [5.74, 6) is 0.547. The molecule has 0 N–H and O–H groups in total. The molecule has 31 heavy (non-hydrogen) atoms. The molecule has 164 valence electrons. The number of imidazole rings is 1. The van der Waals surface area contributed by atoms with E-state index in [2.05, 4.69) is 29.2 Å². The Morgan fingerprint density at radius 2 is 1.71 bits per heavy atom. The fraction of sp³-hybridized carbons (Fsp3) is 0.417. The van der Waals surface area contributed by atoms with E-state index in [0.29, 0.717) is 36.5 Å². The van der Waals surface area contributed by atoms with E-state index in [0.717, 1.165) is 19.3 Å². The van der Waals surface area contributed by atoms with E-state index < -0.39 is 9.84 Å². The van der Waals surface area contributed by atoms with Crippen LogP contribution in [-0.2, 0) is 27.6 Å². The molecule has 2 heterocycles. The Balaban J connectivity index is 1.48. The largest absolute Gasteiger partial charge is 0.341 e. The van der Waals surface area contributed by atoms with Crippen molar-refractivity contribution in [2.24, 2.45) is 5.92 Å². The lowest BCUT2D eigenvalue weighted by molar-refractivity contribution is -0.133. The summed E-state index contributed by atoms with van der Waals surface area (Å²) < 4.78 is 27.2. The molecule has 0 saturated carbocycles. The number of fused-ring (bicyclic) bond motifs is 1. The predicted octanol–water partition coefficient (Wildman–Crippen LogP) is 3.70. The van der Waals surface area contributed by atoms with Crippen LogP contribution < -0.4 is 0 Å². The van der Waals surface area contributed by atoms with E-state index in [1.54, 1.807) is 10.6 Å². The zero-order valence-electron chi connectivity index (χ0n) is 17.9. The first-order chi connectivity index (χ1) is 15.0. The Hall–Kier alpha value is -2.67. The number of amides is 1. The number of piperidine rings is 1. The summed E-state index contributed by atoms with van der Waals surface area (Å²) >= 11 is 0. The van der Waals surface area contributed by atoms with Crippen LogP contribution in [0.25, 0.3) is 11.0 Å². The first-order valence-corrected chi connectivity index (χ1v) is 12.6. The molecule has 0 unspecified atom stereocenters. The summed E-state index contributed by atoms with van der Waals surface area (Å²) in [5.41, 5.74) is 2.62. The summed E-state index contributed by atoms with van der Waals surface area (Å²) in [4.78, 5) is 19.3. The van der Waals surface area contributed by atoms with Crippen molar-refractivity contribution in [1.29, 1.82) is 0 Å². The zero-order chi connectivity index (χ0) is 21.8. The normalized spacial score (nSPS) is 15.5. The minimum atomic E-state index is -3.54. The van der Waals surface area contributed by atoms with Gasteiger partial charge in [0.25, 0.3) is 0 Å². The molecule has 3 aromatic rings. The van der Waals surface area contributed by atoms with E-state index in [4.69, 9.17) is 0 Å². The molecular formula is C24H29N3O3S. The number of para-hydroxylation sites is 2. The van der Waals surface area contributed by atoms with Gasteiger partial charge < -0.3 is 9.47 Å². The number of hydrogen-bond acceptors (Lipinski definition) is 4. The average molecular weight is 440 g/mol. The number of hydrogen-bond donors (Lipinski definition) is 0. The number of nitrogens with zero attached hydrogens (tertiary/aromatic N) is 3. The van der Waals surface area contributed by atoms with Gasteiger partial charge in [0.15, 0.2) is 0 Å². The van der Waals surface area contributed by atoms with Crippen LogP contribution in [0, 0.1) is 5.92 Å². The smallest absolute Gasteiger partial charge is 0.242 e. The highest BCUT2D eigenvalue weighted by molar-refractivity contribution is 7.91. The lowest BCUT2D eigenvalue weighted by atomic mass is 9.90. The zero-order valence-corrected chi connectivity index (χ0v) is 18.7. The molecule has 1 aliphatic heterocycles. The Labute approximate surface area is 183 Å². The van der Waals surface area contributed by atoms with Crippen LogP contribution in [0.2, 0.25) is 0 Å². The Morgan fingerprint density at radius 1 is 1.03 bits per heavy atom. The van der Waals surface area contributed by atoms with E-state index >= 15 is 0 Å². The average Bonchev–Trinajstić information content (AvgIpc) is 3.14. The lowest BCUT2D eigenvalue weighted by Crippen LogP contribution is -2.40. The van der Waals surface area contributed by atoms with Crippen molar-refractivity contribution >= 4 is 26.8 Å². The van der Waals surface area contributed by atoms with Gasteiger partial charge in [0.2, 0.25) is 20.9 Å². The molecule has 0 aliphatic carbocycles. The molecular weight excluding hydrogens is 410 g/mol. The highest BCUT2D eigenvalue weighted by Crippen LogP contribution is 2.24. The maximum absolute atomic E-state index is 13.1. The third-order valence-corrected chi connectivity index (χ3v) is 7.81. The summed E-state index contributed by atoms with van der Waals surface area (Å²) in [6.45, 7) is 3.25. The minimum Gasteiger partial charge on any atom is -0.341 e. The van der Waals surface area contributed by atoms with Crippen LogP contribution in [0.15, 0.2) is 59.8 Å². The van der Waals surface area contributed by atoms with Crippen molar-refractivity contribution in [1.82, 2.24) is 14.5 Å². The fourth-order valence-corrected chi connectivity index (χ4v) is 5.83. The molecule has 0 spiro atoms. The molecule has 4 rings (SSSR count). The Bertz CT molecular complexity index is 1150. The minimum absolute atomic E-state index is 0.00213. The quantitative estimate of drug-likeness (QED) is 0.563. The van der Waals surface area contributed by atoms with Gasteiger partial charge in [0.1, 0.15) is 6.54 Å². The van der Waals surface area contributed by atoms with Gasteiger partial charge in [-0.05, 0) is 49.3 Å². The van der Waals surface area contributed by atoms with Crippen molar-refractivity contribution in [3.8, 4) is 0 Å². The van der Waals surface area contributed by atoms with Crippen LogP contribution >= 0.6 is 0 Å². The number of aromatic nitrogens is 2. The maximum Gasteiger partial charge on any atom is 0.242 e. The van der Waals surface area contributed by atoms with Crippen molar-refractivity contribution in [2.45, 2.75) is 44.3 Å². The summed E-state index contributed by atoms with van der Waals surface area (Å²) in [6, 6.07) is 17.7. The highest BCUT2D eigenvalue weighted by Gasteiger charge is 2.27. The third kappa shape index (κ3) is 4.82. The molecule has 1 amide bonds. The van der Waals surface area contributed by atoms with Crippen LogP contribution in [0.1, 0.15) is 31.7 Å². The molecule has 2 aromatic carbocycles. The number of sulfone groups is 1. The molecule has 0 atom stereocenters. The predicted molar refractivity (Wildman–Crippen MR) is 122 cm³/mol. The van der Waals surface area contributed by atoms with Crippen molar-refractivity contribution in [2.75, 3.05) is 18.8 Å². The monoisotopic (exact) mass is 439 g/mol. The Kier molecular flexibility index (Phi) is 6.41. The SMILES string of the molecule is CCCS(=O)(=O)c1nc2ccccc2n1CC(=O)N1CCC(Cc2ccccc2)CC1. The van der Waals surface area contributed by atoms with Gasteiger partial charge in [-0.15, -0.1) is 0 Å². The van der Waals surface area contributed by atoms with Gasteiger partial charge in [-0.3, -0.25) is 4.79 Å². The van der Waals surface area contributed by atoms with Gasteiger partial charge >= 0.3 is 0 Å². The van der Waals surface area contributed by atoms with Crippen molar-refractivity contribution < 1.29 is 13.2 Å². The van der Waals surface area contributed by atoms with Gasteiger partial charge in [0, 0.05) is 13.1 Å². The molecule has 7 heteroatoms. The molecule has 1 fully saturated rings. The highest BCUT2D eigenvalue weighted by atomic mass is 32.2. The summed E-state index contributed by atoms with van der Waals surface area (Å²) in [6.07, 6.45) is 3.47. The van der Waals surface area contributed by atoms with Gasteiger partial charge in [0.05, 0.1) is 16.8 Å². The van der Waals surface area contributed by atoms with E-state index in [1.165, 1.54) is 5.56 Å². The molecule has 0 bridgehead atoms. The van der Waals surface area contributed by atoms with Gasteiger partial charge in [-0.25, -0.2) is 13.4 Å². The number of benzene rings is 2. The summed E-state index contributed by atoms with van der Waals surface area (Å²) in [7, 11) is -3.54. The van der Waals surface area contributed by atoms with Gasteiger partial charge in [-0.2, -0.15) is 0 Å². The second-order valence-corrected chi connectivity index (χ2v) is 10.3. The molecule has 6 nitrogen and oxygen atoms in total. The number of carbonyl (C=O) groups excluding carboxylic acids is 1. The lowest BCUT2D eigenvalue weighted by Gasteiger charge is -2.32. The Morgan fingerprint density at radius 3 is 2.42 bits per heavy atom. The van der Waals surface area contributed by atoms with E-state index in [9.17, 15) is 13.2 Å². The third-order valence-electron chi connectivity index (χ3n) is 6.00. The first kappa shape index (κ1) is 21.6. The van der Waals surface area contributed by atoms with E-state index in [1.807, 2.05) is 36.1 Å². The van der Waals surface area contributed by atoms with Crippen LogP contribution in [0.4, 0.5) is 0 Å². The second kappa shape index (κ2) is 9.22. The molecule has 1 aliphatic rings. The van der Waals surface area contributed by atoms with E-state index in [-0.39, 0.29) is 23.4 Å². The van der Waals surface area contributed by atoms with Crippen molar-refractivity contribution in [3.05, 3.63) is 60.2 Å². The number of carbonyl (C=O) groups is 1. The first-order valence-electron chi connectivity index (χ1n) is 11.0.